The van der Waals surface area contributed by atoms with Crippen LogP contribution < -0.4 is 0 Å². The number of ketones is 1. The van der Waals surface area contributed by atoms with Gasteiger partial charge in [0.05, 0.1) is 6.54 Å². The zero-order valence-corrected chi connectivity index (χ0v) is 10.7. The fourth-order valence-electron chi connectivity index (χ4n) is 3.15. The Hall–Kier alpha value is -0.410. The Kier molecular flexibility index (Phi) is 3.65. The normalized spacial score (nSPS) is 31.6. The molecule has 0 aromatic carbocycles. The maximum atomic E-state index is 11.4. The van der Waals surface area contributed by atoms with Crippen LogP contribution in [0.3, 0.4) is 0 Å². The lowest BCUT2D eigenvalue weighted by molar-refractivity contribution is -0.119. The third-order valence-electron chi connectivity index (χ3n) is 4.28. The standard InChI is InChI=1S/C13H24N2O/c1-3-12(16)9-15-8-6-13(11-15)5-7-14(4-2)10-13/h3-11H2,1-2H3. The van der Waals surface area contributed by atoms with Gasteiger partial charge in [-0.3, -0.25) is 9.69 Å². The molecule has 2 saturated heterocycles. The monoisotopic (exact) mass is 224 g/mol. The molecule has 3 heteroatoms. The second kappa shape index (κ2) is 4.84. The van der Waals surface area contributed by atoms with Crippen molar-refractivity contribution in [1.82, 2.24) is 9.80 Å². The summed E-state index contributed by atoms with van der Waals surface area (Å²) in [6.45, 7) is 10.8. The minimum Gasteiger partial charge on any atom is -0.303 e. The Morgan fingerprint density at radius 1 is 1.12 bits per heavy atom. The molecule has 0 saturated carbocycles. The van der Waals surface area contributed by atoms with Gasteiger partial charge in [-0.2, -0.15) is 0 Å². The van der Waals surface area contributed by atoms with Crippen LogP contribution in [0, 0.1) is 5.41 Å². The average molecular weight is 224 g/mol. The molecule has 2 heterocycles. The summed E-state index contributed by atoms with van der Waals surface area (Å²) in [5, 5.41) is 0. The minimum absolute atomic E-state index is 0.391. The third-order valence-corrected chi connectivity index (χ3v) is 4.28. The van der Waals surface area contributed by atoms with Gasteiger partial charge in [0.25, 0.3) is 0 Å². The fraction of sp³-hybridized carbons (Fsp3) is 0.923. The topological polar surface area (TPSA) is 23.6 Å². The van der Waals surface area contributed by atoms with Gasteiger partial charge in [-0.25, -0.2) is 0 Å². The van der Waals surface area contributed by atoms with E-state index in [2.05, 4.69) is 16.7 Å². The average Bonchev–Trinajstić information content (AvgIpc) is 2.87. The molecule has 2 fully saturated rings. The first-order valence-corrected chi connectivity index (χ1v) is 6.64. The molecule has 2 aliphatic heterocycles. The summed E-state index contributed by atoms with van der Waals surface area (Å²) in [4.78, 5) is 16.4. The number of rotatable bonds is 4. The van der Waals surface area contributed by atoms with Crippen LogP contribution in [0.25, 0.3) is 0 Å². The Morgan fingerprint density at radius 2 is 1.75 bits per heavy atom. The van der Waals surface area contributed by atoms with Crippen molar-refractivity contribution in [2.24, 2.45) is 5.41 Å². The van der Waals surface area contributed by atoms with Crippen LogP contribution in [0.15, 0.2) is 0 Å². The summed E-state index contributed by atoms with van der Waals surface area (Å²) in [7, 11) is 0. The quantitative estimate of drug-likeness (QED) is 0.721. The van der Waals surface area contributed by atoms with Crippen molar-refractivity contribution in [2.45, 2.75) is 33.1 Å². The fourth-order valence-corrected chi connectivity index (χ4v) is 3.15. The number of likely N-dealkylation sites (tertiary alicyclic amines) is 2. The van der Waals surface area contributed by atoms with Gasteiger partial charge < -0.3 is 4.90 Å². The first-order chi connectivity index (χ1) is 7.67. The van der Waals surface area contributed by atoms with E-state index in [1.807, 2.05) is 6.92 Å². The van der Waals surface area contributed by atoms with E-state index in [-0.39, 0.29) is 0 Å². The number of Topliss-reactive ketones (excluding diaryl/α,β-unsaturated/α-hetero) is 1. The number of hydrogen-bond donors (Lipinski definition) is 0. The van der Waals surface area contributed by atoms with Crippen molar-refractivity contribution >= 4 is 5.78 Å². The van der Waals surface area contributed by atoms with Crippen molar-refractivity contribution in [3.63, 3.8) is 0 Å². The van der Waals surface area contributed by atoms with Gasteiger partial charge in [0.1, 0.15) is 5.78 Å². The predicted octanol–water partition coefficient (Wildman–Crippen LogP) is 1.38. The molecule has 92 valence electrons. The van der Waals surface area contributed by atoms with Gasteiger partial charge >= 0.3 is 0 Å². The minimum atomic E-state index is 0.391. The highest BCUT2D eigenvalue weighted by Gasteiger charge is 2.42. The Labute approximate surface area is 98.8 Å². The molecule has 1 spiro atoms. The van der Waals surface area contributed by atoms with E-state index in [0.717, 1.165) is 13.1 Å². The van der Waals surface area contributed by atoms with Crippen molar-refractivity contribution < 1.29 is 4.79 Å². The lowest BCUT2D eigenvalue weighted by Crippen LogP contribution is -2.33. The molecule has 0 bridgehead atoms. The first-order valence-electron chi connectivity index (χ1n) is 6.64. The Balaban J connectivity index is 1.85. The van der Waals surface area contributed by atoms with Gasteiger partial charge in [-0.1, -0.05) is 13.8 Å². The molecule has 3 nitrogen and oxygen atoms in total. The maximum Gasteiger partial charge on any atom is 0.146 e. The van der Waals surface area contributed by atoms with Crippen molar-refractivity contribution in [3.8, 4) is 0 Å². The van der Waals surface area contributed by atoms with Crippen LogP contribution in [-0.4, -0.2) is 54.9 Å². The van der Waals surface area contributed by atoms with Crippen LogP contribution in [0.2, 0.25) is 0 Å². The summed E-state index contributed by atoms with van der Waals surface area (Å²) in [5.74, 6) is 0.391. The van der Waals surface area contributed by atoms with Gasteiger partial charge in [0, 0.05) is 19.5 Å². The smallest absolute Gasteiger partial charge is 0.146 e. The third kappa shape index (κ3) is 2.46. The van der Waals surface area contributed by atoms with E-state index in [1.54, 1.807) is 0 Å². The molecule has 2 aliphatic rings. The first kappa shape index (κ1) is 12.1. The zero-order valence-electron chi connectivity index (χ0n) is 10.7. The molecule has 0 radical (unpaired) electrons. The second-order valence-electron chi connectivity index (χ2n) is 5.47. The number of carbonyl (C=O) groups is 1. The van der Waals surface area contributed by atoms with Crippen LogP contribution in [0.4, 0.5) is 0 Å². The summed E-state index contributed by atoms with van der Waals surface area (Å²) in [6.07, 6.45) is 3.31. The van der Waals surface area contributed by atoms with Gasteiger partial charge in [-0.05, 0) is 37.9 Å². The van der Waals surface area contributed by atoms with E-state index < -0.39 is 0 Å². The summed E-state index contributed by atoms with van der Waals surface area (Å²) in [5.41, 5.74) is 0.518. The molecule has 2 rings (SSSR count). The highest BCUT2D eigenvalue weighted by atomic mass is 16.1. The van der Waals surface area contributed by atoms with E-state index in [1.165, 1.54) is 32.5 Å². The summed E-state index contributed by atoms with van der Waals surface area (Å²) >= 11 is 0. The molecular weight excluding hydrogens is 200 g/mol. The lowest BCUT2D eigenvalue weighted by Gasteiger charge is -2.24. The Bertz CT molecular complexity index is 267. The molecule has 0 amide bonds. The van der Waals surface area contributed by atoms with Crippen molar-refractivity contribution in [2.75, 3.05) is 39.3 Å². The molecule has 1 atom stereocenters. The Morgan fingerprint density at radius 3 is 2.31 bits per heavy atom. The van der Waals surface area contributed by atoms with E-state index in [9.17, 15) is 4.79 Å². The molecule has 0 N–H and O–H groups in total. The predicted molar refractivity (Wildman–Crippen MR) is 65.5 cm³/mol. The molecule has 0 aromatic rings. The van der Waals surface area contributed by atoms with Crippen LogP contribution >= 0.6 is 0 Å². The van der Waals surface area contributed by atoms with Gasteiger partial charge in [-0.15, -0.1) is 0 Å². The molecular formula is C13H24N2O. The van der Waals surface area contributed by atoms with E-state index in [0.29, 0.717) is 24.2 Å². The second-order valence-corrected chi connectivity index (χ2v) is 5.47. The van der Waals surface area contributed by atoms with Crippen molar-refractivity contribution in [1.29, 1.82) is 0 Å². The molecule has 16 heavy (non-hydrogen) atoms. The summed E-state index contributed by atoms with van der Waals surface area (Å²) in [6, 6.07) is 0. The largest absolute Gasteiger partial charge is 0.303 e. The molecule has 1 unspecified atom stereocenters. The maximum absolute atomic E-state index is 11.4. The van der Waals surface area contributed by atoms with Crippen LogP contribution in [0.1, 0.15) is 33.1 Å². The summed E-state index contributed by atoms with van der Waals surface area (Å²) < 4.78 is 0. The lowest BCUT2D eigenvalue weighted by atomic mass is 9.86. The molecule has 0 aliphatic carbocycles. The van der Waals surface area contributed by atoms with Gasteiger partial charge in [0.15, 0.2) is 0 Å². The van der Waals surface area contributed by atoms with Crippen molar-refractivity contribution in [3.05, 3.63) is 0 Å². The number of carbonyl (C=O) groups excluding carboxylic acids is 1. The van der Waals surface area contributed by atoms with Crippen LogP contribution in [-0.2, 0) is 4.79 Å². The van der Waals surface area contributed by atoms with Crippen LogP contribution in [0.5, 0.6) is 0 Å². The highest BCUT2D eigenvalue weighted by Crippen LogP contribution is 2.39. The molecule has 0 aromatic heterocycles. The highest BCUT2D eigenvalue weighted by molar-refractivity contribution is 5.80. The number of hydrogen-bond acceptors (Lipinski definition) is 3. The number of nitrogens with zero attached hydrogens (tertiary/aromatic N) is 2. The van der Waals surface area contributed by atoms with E-state index in [4.69, 9.17) is 0 Å². The SMILES string of the molecule is CCC(=O)CN1CCC2(CCN(CC)C2)C1. The van der Waals surface area contributed by atoms with Gasteiger partial charge in [0.2, 0.25) is 0 Å². The van der Waals surface area contributed by atoms with E-state index >= 15 is 0 Å². The zero-order chi connectivity index (χ0) is 11.6.